The van der Waals surface area contributed by atoms with Crippen LogP contribution in [0.25, 0.3) is 0 Å². The van der Waals surface area contributed by atoms with E-state index in [1.807, 2.05) is 0 Å². The fourth-order valence-electron chi connectivity index (χ4n) is 1.15. The van der Waals surface area contributed by atoms with E-state index in [0.29, 0.717) is 10.6 Å². The lowest BCUT2D eigenvalue weighted by Crippen LogP contribution is -2.06. The largest absolute Gasteiger partial charge is 0.223 e. The Hall–Kier alpha value is -0.980. The van der Waals surface area contributed by atoms with Gasteiger partial charge in [0.1, 0.15) is 5.75 Å². The summed E-state index contributed by atoms with van der Waals surface area (Å²) in [7, 11) is -3.35. The molecule has 0 amide bonds. The van der Waals surface area contributed by atoms with Crippen LogP contribution in [0.2, 0.25) is 5.02 Å². The van der Waals surface area contributed by atoms with Gasteiger partial charge in [-0.25, -0.2) is 8.42 Å². The molecule has 14 heavy (non-hydrogen) atoms. The third-order valence-corrected chi connectivity index (χ3v) is 3.66. The van der Waals surface area contributed by atoms with Crippen LogP contribution in [0, 0.1) is 19.3 Å². The molecule has 74 valence electrons. The molecule has 0 aromatic heterocycles. The summed E-state index contributed by atoms with van der Waals surface area (Å²) in [5, 5.41) is 0.516. The molecule has 2 nitrogen and oxygen atoms in total. The molecule has 0 unspecified atom stereocenters. The zero-order valence-corrected chi connectivity index (χ0v) is 9.19. The molecule has 0 saturated carbocycles. The van der Waals surface area contributed by atoms with Gasteiger partial charge in [0.2, 0.25) is 0 Å². The summed E-state index contributed by atoms with van der Waals surface area (Å²) in [6.45, 7) is 1.69. The summed E-state index contributed by atoms with van der Waals surface area (Å²) in [6, 6.07) is 4.62. The fourth-order valence-corrected chi connectivity index (χ4v) is 2.58. The van der Waals surface area contributed by atoms with Crippen LogP contribution >= 0.6 is 11.6 Å². The number of aryl methyl sites for hydroxylation is 1. The molecule has 0 aliphatic rings. The van der Waals surface area contributed by atoms with Crippen LogP contribution in [0.3, 0.4) is 0 Å². The molecule has 1 aromatic carbocycles. The average Bonchev–Trinajstić information content (AvgIpc) is 2.02. The second kappa shape index (κ2) is 4.04. The Morgan fingerprint density at radius 2 is 2.14 bits per heavy atom. The van der Waals surface area contributed by atoms with Gasteiger partial charge < -0.3 is 0 Å². The number of terminal acetylenes is 1. The maximum atomic E-state index is 11.6. The van der Waals surface area contributed by atoms with Gasteiger partial charge in [-0.3, -0.25) is 0 Å². The molecule has 0 radical (unpaired) electrons. The second-order valence-electron chi connectivity index (χ2n) is 2.87. The monoisotopic (exact) mass is 228 g/mol. The van der Waals surface area contributed by atoms with Crippen LogP contribution in [-0.4, -0.2) is 14.2 Å². The average molecular weight is 229 g/mol. The first kappa shape index (κ1) is 11.1. The van der Waals surface area contributed by atoms with Gasteiger partial charge in [0.05, 0.1) is 4.90 Å². The summed E-state index contributed by atoms with van der Waals surface area (Å²) in [5.74, 6) is 1.85. The molecular weight excluding hydrogens is 220 g/mol. The Balaban J connectivity index is 3.29. The van der Waals surface area contributed by atoms with Crippen molar-refractivity contribution in [3.05, 3.63) is 28.8 Å². The Morgan fingerprint density at radius 3 is 2.64 bits per heavy atom. The zero-order valence-electron chi connectivity index (χ0n) is 7.62. The van der Waals surface area contributed by atoms with Crippen molar-refractivity contribution in [2.24, 2.45) is 0 Å². The quantitative estimate of drug-likeness (QED) is 0.727. The number of halogens is 1. The van der Waals surface area contributed by atoms with Crippen molar-refractivity contribution in [1.29, 1.82) is 0 Å². The van der Waals surface area contributed by atoms with Crippen LogP contribution in [0.5, 0.6) is 0 Å². The highest BCUT2D eigenvalue weighted by Gasteiger charge is 2.15. The normalized spacial score (nSPS) is 10.9. The lowest BCUT2D eigenvalue weighted by molar-refractivity contribution is 0.599. The molecule has 0 fully saturated rings. The summed E-state index contributed by atoms with van der Waals surface area (Å²) in [4.78, 5) is 0.250. The van der Waals surface area contributed by atoms with Crippen molar-refractivity contribution in [3.63, 3.8) is 0 Å². The van der Waals surface area contributed by atoms with Gasteiger partial charge in [-0.05, 0) is 30.7 Å². The van der Waals surface area contributed by atoms with E-state index in [0.717, 1.165) is 0 Å². The van der Waals surface area contributed by atoms with E-state index in [2.05, 4.69) is 5.92 Å². The highest BCUT2D eigenvalue weighted by molar-refractivity contribution is 7.91. The van der Waals surface area contributed by atoms with E-state index >= 15 is 0 Å². The van der Waals surface area contributed by atoms with Gasteiger partial charge in [-0.1, -0.05) is 17.5 Å². The molecule has 0 saturated heterocycles. The molecule has 4 heteroatoms. The molecule has 0 aliphatic heterocycles. The third-order valence-electron chi connectivity index (χ3n) is 1.75. The van der Waals surface area contributed by atoms with Gasteiger partial charge in [-0.15, -0.1) is 6.42 Å². The minimum Gasteiger partial charge on any atom is -0.223 e. The van der Waals surface area contributed by atoms with E-state index in [1.165, 1.54) is 12.1 Å². The smallest absolute Gasteiger partial charge is 0.189 e. The minimum atomic E-state index is -3.35. The van der Waals surface area contributed by atoms with Gasteiger partial charge in [0.15, 0.2) is 9.84 Å². The van der Waals surface area contributed by atoms with Crippen molar-refractivity contribution < 1.29 is 8.42 Å². The van der Waals surface area contributed by atoms with E-state index < -0.39 is 9.84 Å². The van der Waals surface area contributed by atoms with Crippen LogP contribution in [-0.2, 0) is 9.84 Å². The Kier molecular flexibility index (Phi) is 3.20. The number of hydrogen-bond donors (Lipinski definition) is 0. The molecule has 1 rings (SSSR count). The van der Waals surface area contributed by atoms with E-state index in [9.17, 15) is 8.42 Å². The van der Waals surface area contributed by atoms with E-state index in [4.69, 9.17) is 18.0 Å². The molecule has 0 bridgehead atoms. The van der Waals surface area contributed by atoms with E-state index in [-0.39, 0.29) is 10.6 Å². The SMILES string of the molecule is C#CCS(=O)(=O)c1ccc(Cl)cc1C. The highest BCUT2D eigenvalue weighted by atomic mass is 35.5. The zero-order chi connectivity index (χ0) is 10.8. The minimum absolute atomic E-state index is 0.250. The maximum Gasteiger partial charge on any atom is 0.189 e. The van der Waals surface area contributed by atoms with Gasteiger partial charge in [0.25, 0.3) is 0 Å². The van der Waals surface area contributed by atoms with Crippen molar-refractivity contribution in [3.8, 4) is 12.3 Å². The van der Waals surface area contributed by atoms with Gasteiger partial charge in [0, 0.05) is 5.02 Å². The fraction of sp³-hybridized carbons (Fsp3) is 0.200. The molecule has 0 N–H and O–H groups in total. The first-order chi connectivity index (χ1) is 6.47. The van der Waals surface area contributed by atoms with Crippen molar-refractivity contribution in [1.82, 2.24) is 0 Å². The van der Waals surface area contributed by atoms with Crippen LogP contribution in [0.1, 0.15) is 5.56 Å². The van der Waals surface area contributed by atoms with Crippen LogP contribution in [0.15, 0.2) is 23.1 Å². The van der Waals surface area contributed by atoms with Crippen molar-refractivity contribution in [2.75, 3.05) is 5.75 Å². The lowest BCUT2D eigenvalue weighted by atomic mass is 10.2. The number of sulfone groups is 1. The number of benzene rings is 1. The predicted octanol–water partition coefficient (Wildman–Crippen LogP) is 2.06. The first-order valence-electron chi connectivity index (χ1n) is 3.90. The van der Waals surface area contributed by atoms with Crippen LogP contribution in [0.4, 0.5) is 0 Å². The molecule has 0 aliphatic carbocycles. The second-order valence-corrected chi connectivity index (χ2v) is 5.27. The van der Waals surface area contributed by atoms with Crippen LogP contribution < -0.4 is 0 Å². The Morgan fingerprint density at radius 1 is 1.50 bits per heavy atom. The summed E-state index contributed by atoms with van der Waals surface area (Å²) < 4.78 is 23.2. The molecule has 0 spiro atoms. The Labute approximate surface area is 88.8 Å². The summed E-state index contributed by atoms with van der Waals surface area (Å²) >= 11 is 5.71. The highest BCUT2D eigenvalue weighted by Crippen LogP contribution is 2.20. The van der Waals surface area contributed by atoms with Crippen molar-refractivity contribution in [2.45, 2.75) is 11.8 Å². The lowest BCUT2D eigenvalue weighted by Gasteiger charge is -2.04. The molecular formula is C10H9ClO2S. The maximum absolute atomic E-state index is 11.6. The number of hydrogen-bond acceptors (Lipinski definition) is 2. The van der Waals surface area contributed by atoms with Gasteiger partial charge in [-0.2, -0.15) is 0 Å². The summed E-state index contributed by atoms with van der Waals surface area (Å²) in [5.41, 5.74) is 0.618. The topological polar surface area (TPSA) is 34.1 Å². The standard InChI is InChI=1S/C10H9ClO2S/c1-3-6-14(12,13)10-5-4-9(11)7-8(10)2/h1,4-5,7H,6H2,2H3. The first-order valence-corrected chi connectivity index (χ1v) is 5.93. The molecule has 0 atom stereocenters. The van der Waals surface area contributed by atoms with Crippen molar-refractivity contribution >= 4 is 21.4 Å². The predicted molar refractivity (Wildman–Crippen MR) is 57.1 cm³/mol. The van der Waals surface area contributed by atoms with Gasteiger partial charge >= 0.3 is 0 Å². The molecule has 1 aromatic rings. The summed E-state index contributed by atoms with van der Waals surface area (Å²) in [6.07, 6.45) is 4.98. The molecule has 0 heterocycles. The van der Waals surface area contributed by atoms with E-state index in [1.54, 1.807) is 13.0 Å². The third kappa shape index (κ3) is 2.28. The Bertz CT molecular complexity index is 483. The number of rotatable bonds is 2.